The van der Waals surface area contributed by atoms with Gasteiger partial charge in [0.25, 0.3) is 0 Å². The van der Waals surface area contributed by atoms with Crippen molar-refractivity contribution in [2.24, 2.45) is 5.73 Å². The maximum Gasteiger partial charge on any atom is 0.240 e. The van der Waals surface area contributed by atoms with Crippen molar-refractivity contribution in [2.45, 2.75) is 51.0 Å². The molecule has 104 valence electrons. The fourth-order valence-corrected chi connectivity index (χ4v) is 2.11. The van der Waals surface area contributed by atoms with Crippen molar-refractivity contribution < 1.29 is 4.79 Å². The van der Waals surface area contributed by atoms with Gasteiger partial charge in [0.05, 0.1) is 5.54 Å². The van der Waals surface area contributed by atoms with E-state index >= 15 is 0 Å². The van der Waals surface area contributed by atoms with Gasteiger partial charge in [-0.15, -0.1) is 0 Å². The standard InChI is InChI=1S/C16H24N2O/c1-3-12(2)14-6-4-13(5-7-14)8-11-18-15(19)16(17)9-10-16/h4-7,12H,3,8-11,17H2,1-2H3,(H,18,19). The molecule has 1 aliphatic carbocycles. The molecule has 0 heterocycles. The Bertz CT molecular complexity index is 435. The molecule has 1 amide bonds. The molecule has 3 nitrogen and oxygen atoms in total. The Hall–Kier alpha value is -1.35. The molecule has 1 saturated carbocycles. The van der Waals surface area contributed by atoms with Crippen molar-refractivity contribution in [3.05, 3.63) is 35.4 Å². The minimum Gasteiger partial charge on any atom is -0.354 e. The first-order valence-corrected chi connectivity index (χ1v) is 7.21. The molecule has 0 aromatic heterocycles. The van der Waals surface area contributed by atoms with Crippen LogP contribution in [0.15, 0.2) is 24.3 Å². The van der Waals surface area contributed by atoms with Gasteiger partial charge in [0.15, 0.2) is 0 Å². The zero-order valence-electron chi connectivity index (χ0n) is 11.9. The van der Waals surface area contributed by atoms with Crippen LogP contribution in [0.4, 0.5) is 0 Å². The third kappa shape index (κ3) is 3.57. The van der Waals surface area contributed by atoms with Crippen LogP contribution < -0.4 is 11.1 Å². The van der Waals surface area contributed by atoms with E-state index in [1.807, 2.05) is 0 Å². The van der Waals surface area contributed by atoms with E-state index in [1.54, 1.807) is 0 Å². The van der Waals surface area contributed by atoms with E-state index in [2.05, 4.69) is 43.4 Å². The Morgan fingerprint density at radius 1 is 1.37 bits per heavy atom. The SMILES string of the molecule is CCC(C)c1ccc(CCNC(=O)C2(N)CC2)cc1. The van der Waals surface area contributed by atoms with E-state index in [1.165, 1.54) is 11.1 Å². The second kappa shape index (κ2) is 5.74. The van der Waals surface area contributed by atoms with Gasteiger partial charge >= 0.3 is 0 Å². The molecule has 3 N–H and O–H groups in total. The largest absolute Gasteiger partial charge is 0.354 e. The molecule has 0 radical (unpaired) electrons. The monoisotopic (exact) mass is 260 g/mol. The average Bonchev–Trinajstić information content (AvgIpc) is 3.18. The Morgan fingerprint density at radius 2 is 2.00 bits per heavy atom. The first-order chi connectivity index (χ1) is 9.05. The van der Waals surface area contributed by atoms with Gasteiger partial charge in [0, 0.05) is 6.54 Å². The third-order valence-corrected chi connectivity index (χ3v) is 4.10. The summed E-state index contributed by atoms with van der Waals surface area (Å²) in [5.74, 6) is 0.615. The zero-order chi connectivity index (χ0) is 13.9. The molecule has 0 bridgehead atoms. The van der Waals surface area contributed by atoms with Crippen molar-refractivity contribution in [1.82, 2.24) is 5.32 Å². The van der Waals surface area contributed by atoms with E-state index in [0.29, 0.717) is 12.5 Å². The topological polar surface area (TPSA) is 55.1 Å². The molecular formula is C16H24N2O. The molecule has 0 aliphatic heterocycles. The van der Waals surface area contributed by atoms with Gasteiger partial charge in [-0.2, -0.15) is 0 Å². The predicted molar refractivity (Wildman–Crippen MR) is 78.0 cm³/mol. The van der Waals surface area contributed by atoms with Crippen molar-refractivity contribution in [2.75, 3.05) is 6.54 Å². The number of hydrogen-bond acceptors (Lipinski definition) is 2. The van der Waals surface area contributed by atoms with E-state index in [9.17, 15) is 4.79 Å². The van der Waals surface area contributed by atoms with Crippen molar-refractivity contribution >= 4 is 5.91 Å². The maximum atomic E-state index is 11.7. The molecule has 1 aromatic rings. The highest BCUT2D eigenvalue weighted by Crippen LogP contribution is 2.31. The number of rotatable bonds is 6. The maximum absolute atomic E-state index is 11.7. The number of carbonyl (C=O) groups excluding carboxylic acids is 1. The minimum absolute atomic E-state index is 0.00345. The van der Waals surface area contributed by atoms with Crippen LogP contribution in [0.25, 0.3) is 0 Å². The summed E-state index contributed by atoms with van der Waals surface area (Å²) in [5.41, 5.74) is 7.91. The smallest absolute Gasteiger partial charge is 0.240 e. The Balaban J connectivity index is 1.78. The molecule has 1 aromatic carbocycles. The van der Waals surface area contributed by atoms with E-state index in [-0.39, 0.29) is 5.91 Å². The molecule has 1 atom stereocenters. The van der Waals surface area contributed by atoms with Gasteiger partial charge < -0.3 is 11.1 Å². The Labute approximate surface area is 115 Å². The Kier molecular flexibility index (Phi) is 4.25. The van der Waals surface area contributed by atoms with Crippen molar-refractivity contribution in [3.63, 3.8) is 0 Å². The lowest BCUT2D eigenvalue weighted by Crippen LogP contribution is -2.43. The zero-order valence-corrected chi connectivity index (χ0v) is 11.9. The van der Waals surface area contributed by atoms with E-state index in [0.717, 1.165) is 25.7 Å². The highest BCUT2D eigenvalue weighted by Gasteiger charge is 2.45. The quantitative estimate of drug-likeness (QED) is 0.825. The van der Waals surface area contributed by atoms with Gasteiger partial charge in [-0.1, -0.05) is 38.1 Å². The molecule has 1 aliphatic rings. The first kappa shape index (κ1) is 14.1. The summed E-state index contributed by atoms with van der Waals surface area (Å²) in [6.07, 6.45) is 3.67. The summed E-state index contributed by atoms with van der Waals surface area (Å²) in [6, 6.07) is 8.69. The third-order valence-electron chi connectivity index (χ3n) is 4.10. The number of nitrogens with one attached hydrogen (secondary N) is 1. The number of carbonyl (C=O) groups is 1. The molecule has 2 rings (SSSR count). The summed E-state index contributed by atoms with van der Waals surface area (Å²) in [7, 11) is 0. The normalized spacial score (nSPS) is 17.8. The number of nitrogens with two attached hydrogens (primary N) is 1. The first-order valence-electron chi connectivity index (χ1n) is 7.21. The van der Waals surface area contributed by atoms with Crippen LogP contribution in [-0.2, 0) is 11.2 Å². The van der Waals surface area contributed by atoms with E-state index in [4.69, 9.17) is 5.73 Å². The van der Waals surface area contributed by atoms with Crippen LogP contribution >= 0.6 is 0 Å². The minimum atomic E-state index is -0.555. The number of amides is 1. The lowest BCUT2D eigenvalue weighted by molar-refractivity contribution is -0.123. The molecule has 19 heavy (non-hydrogen) atoms. The summed E-state index contributed by atoms with van der Waals surface area (Å²) in [4.78, 5) is 11.7. The van der Waals surface area contributed by atoms with Crippen LogP contribution in [0.2, 0.25) is 0 Å². The average molecular weight is 260 g/mol. The van der Waals surface area contributed by atoms with Gasteiger partial charge in [0.1, 0.15) is 0 Å². The predicted octanol–water partition coefficient (Wildman–Crippen LogP) is 2.35. The fraction of sp³-hybridized carbons (Fsp3) is 0.562. The molecule has 1 unspecified atom stereocenters. The second-order valence-corrected chi connectivity index (χ2v) is 5.71. The summed E-state index contributed by atoms with van der Waals surface area (Å²) in [6.45, 7) is 5.11. The van der Waals surface area contributed by atoms with Crippen molar-refractivity contribution in [3.8, 4) is 0 Å². The fourth-order valence-electron chi connectivity index (χ4n) is 2.11. The van der Waals surface area contributed by atoms with Crippen LogP contribution in [0.5, 0.6) is 0 Å². The highest BCUT2D eigenvalue weighted by atomic mass is 16.2. The number of benzene rings is 1. The molecule has 0 spiro atoms. The second-order valence-electron chi connectivity index (χ2n) is 5.71. The Morgan fingerprint density at radius 3 is 2.53 bits per heavy atom. The van der Waals surface area contributed by atoms with E-state index < -0.39 is 5.54 Å². The van der Waals surface area contributed by atoms with Gasteiger partial charge in [-0.25, -0.2) is 0 Å². The van der Waals surface area contributed by atoms with Crippen LogP contribution in [0.3, 0.4) is 0 Å². The molecule has 0 saturated heterocycles. The molecule has 1 fully saturated rings. The number of hydrogen-bond donors (Lipinski definition) is 2. The summed E-state index contributed by atoms with van der Waals surface area (Å²) >= 11 is 0. The van der Waals surface area contributed by atoms with Crippen LogP contribution in [0.1, 0.15) is 50.2 Å². The van der Waals surface area contributed by atoms with Crippen LogP contribution in [-0.4, -0.2) is 18.0 Å². The van der Waals surface area contributed by atoms with Gasteiger partial charge in [0.2, 0.25) is 5.91 Å². The lowest BCUT2D eigenvalue weighted by atomic mass is 9.97. The van der Waals surface area contributed by atoms with Gasteiger partial charge in [-0.3, -0.25) is 4.79 Å². The highest BCUT2D eigenvalue weighted by molar-refractivity contribution is 5.88. The van der Waals surface area contributed by atoms with Crippen LogP contribution in [0, 0.1) is 0 Å². The summed E-state index contributed by atoms with van der Waals surface area (Å²) < 4.78 is 0. The van der Waals surface area contributed by atoms with Gasteiger partial charge in [-0.05, 0) is 42.7 Å². The molecule has 3 heteroatoms. The molecular weight excluding hydrogens is 236 g/mol. The van der Waals surface area contributed by atoms with Crippen molar-refractivity contribution in [1.29, 1.82) is 0 Å². The summed E-state index contributed by atoms with van der Waals surface area (Å²) in [5, 5.41) is 2.92. The lowest BCUT2D eigenvalue weighted by Gasteiger charge is -2.11.